The van der Waals surface area contributed by atoms with Gasteiger partial charge < -0.3 is 15.5 Å². The lowest BCUT2D eigenvalue weighted by Gasteiger charge is -2.15. The van der Waals surface area contributed by atoms with Gasteiger partial charge in [-0.25, -0.2) is 4.98 Å². The fourth-order valence-corrected chi connectivity index (χ4v) is 3.10. The maximum absolute atomic E-state index is 12.4. The molecule has 2 aromatic rings. The molecule has 0 spiro atoms. The van der Waals surface area contributed by atoms with Gasteiger partial charge in [0.2, 0.25) is 11.8 Å². The van der Waals surface area contributed by atoms with Crippen LogP contribution in [0.2, 0.25) is 0 Å². The van der Waals surface area contributed by atoms with Crippen LogP contribution in [0.25, 0.3) is 0 Å². The van der Waals surface area contributed by atoms with Gasteiger partial charge in [0.05, 0.1) is 17.8 Å². The maximum Gasteiger partial charge on any atom is 0.229 e. The van der Waals surface area contributed by atoms with Crippen molar-refractivity contribution < 1.29 is 9.59 Å². The highest BCUT2D eigenvalue weighted by atomic mass is 16.2. The number of hydrogen-bond donors (Lipinski definition) is 2. The molecule has 2 aliphatic rings. The second-order valence-electron chi connectivity index (χ2n) is 6.59. The minimum Gasteiger partial charge on any atom is -0.340 e. The molecule has 2 fully saturated rings. The lowest BCUT2D eigenvalue weighted by molar-refractivity contribution is -0.128. The summed E-state index contributed by atoms with van der Waals surface area (Å²) in [5.41, 5.74) is 1.59. The smallest absolute Gasteiger partial charge is 0.229 e. The molecule has 25 heavy (non-hydrogen) atoms. The third-order valence-corrected chi connectivity index (χ3v) is 4.59. The standard InChI is InChI=1S/C19H20N4O2/c24-18-10-13(12-23(18)16-7-8-16)19(25)22-15-6-9-17(20-11-15)21-14-4-2-1-3-5-14/h1-6,9,11,13,16H,7-8,10,12H2,(H,20,21)(H,22,25)/t13-/m0/s1. The van der Waals surface area contributed by atoms with E-state index in [1.807, 2.05) is 47.4 Å². The number of para-hydroxylation sites is 1. The summed E-state index contributed by atoms with van der Waals surface area (Å²) in [6.07, 6.45) is 4.07. The normalized spacial score (nSPS) is 19.8. The summed E-state index contributed by atoms with van der Waals surface area (Å²) in [5.74, 6) is 0.431. The Morgan fingerprint density at radius 1 is 1.08 bits per heavy atom. The van der Waals surface area contributed by atoms with Crippen molar-refractivity contribution in [1.82, 2.24) is 9.88 Å². The van der Waals surface area contributed by atoms with Crippen molar-refractivity contribution in [3.05, 3.63) is 48.7 Å². The minimum atomic E-state index is -0.268. The molecule has 0 unspecified atom stereocenters. The number of nitrogens with zero attached hydrogens (tertiary/aromatic N) is 2. The predicted molar refractivity (Wildman–Crippen MR) is 95.4 cm³/mol. The van der Waals surface area contributed by atoms with Crippen LogP contribution in [0.15, 0.2) is 48.7 Å². The van der Waals surface area contributed by atoms with Crippen LogP contribution in [-0.2, 0) is 9.59 Å². The Hall–Kier alpha value is -2.89. The van der Waals surface area contributed by atoms with Crippen molar-refractivity contribution in [3.8, 4) is 0 Å². The molecule has 1 aromatic heterocycles. The molecule has 4 rings (SSSR count). The van der Waals surface area contributed by atoms with Gasteiger partial charge in [-0.3, -0.25) is 9.59 Å². The predicted octanol–water partition coefficient (Wildman–Crippen LogP) is 2.77. The van der Waals surface area contributed by atoms with Gasteiger partial charge >= 0.3 is 0 Å². The molecule has 1 saturated heterocycles. The lowest BCUT2D eigenvalue weighted by atomic mass is 10.1. The first-order chi connectivity index (χ1) is 12.2. The van der Waals surface area contributed by atoms with E-state index in [2.05, 4.69) is 15.6 Å². The number of hydrogen-bond acceptors (Lipinski definition) is 4. The van der Waals surface area contributed by atoms with Gasteiger partial charge in [0.15, 0.2) is 0 Å². The number of amides is 2. The van der Waals surface area contributed by atoms with E-state index in [-0.39, 0.29) is 17.7 Å². The second kappa shape index (κ2) is 6.55. The van der Waals surface area contributed by atoms with Gasteiger partial charge in [-0.1, -0.05) is 18.2 Å². The van der Waals surface area contributed by atoms with Crippen LogP contribution in [0.4, 0.5) is 17.2 Å². The minimum absolute atomic E-state index is 0.100. The van der Waals surface area contributed by atoms with Crippen LogP contribution in [0.3, 0.4) is 0 Å². The number of carbonyl (C=O) groups is 2. The maximum atomic E-state index is 12.4. The van der Waals surface area contributed by atoms with Gasteiger partial charge in [0.1, 0.15) is 5.82 Å². The van der Waals surface area contributed by atoms with Gasteiger partial charge in [0, 0.05) is 24.7 Å². The first-order valence-electron chi connectivity index (χ1n) is 8.57. The average molecular weight is 336 g/mol. The monoisotopic (exact) mass is 336 g/mol. The zero-order chi connectivity index (χ0) is 17.2. The zero-order valence-electron chi connectivity index (χ0n) is 13.8. The largest absolute Gasteiger partial charge is 0.340 e. The van der Waals surface area contributed by atoms with Crippen molar-refractivity contribution in [2.45, 2.75) is 25.3 Å². The van der Waals surface area contributed by atoms with E-state index in [1.54, 1.807) is 6.20 Å². The molecule has 2 N–H and O–H groups in total. The number of likely N-dealkylation sites (tertiary alicyclic amines) is 1. The third kappa shape index (κ3) is 3.63. The summed E-state index contributed by atoms with van der Waals surface area (Å²) >= 11 is 0. The lowest BCUT2D eigenvalue weighted by Crippen LogP contribution is -2.29. The van der Waals surface area contributed by atoms with Crippen LogP contribution in [-0.4, -0.2) is 34.3 Å². The van der Waals surface area contributed by atoms with Crippen LogP contribution >= 0.6 is 0 Å². The van der Waals surface area contributed by atoms with Gasteiger partial charge in [-0.15, -0.1) is 0 Å². The van der Waals surface area contributed by atoms with Crippen molar-refractivity contribution in [3.63, 3.8) is 0 Å². The van der Waals surface area contributed by atoms with Crippen molar-refractivity contribution in [2.75, 3.05) is 17.2 Å². The van der Waals surface area contributed by atoms with Crippen molar-refractivity contribution >= 4 is 29.0 Å². The number of rotatable bonds is 5. The number of carbonyl (C=O) groups excluding carboxylic acids is 2. The number of anilines is 3. The summed E-state index contributed by atoms with van der Waals surface area (Å²) in [6, 6.07) is 13.8. The fourth-order valence-electron chi connectivity index (χ4n) is 3.10. The molecule has 128 valence electrons. The molecule has 2 heterocycles. The Balaban J connectivity index is 1.34. The van der Waals surface area contributed by atoms with E-state index < -0.39 is 0 Å². The van der Waals surface area contributed by atoms with E-state index in [0.717, 1.165) is 18.5 Å². The summed E-state index contributed by atoms with van der Waals surface area (Å²) < 4.78 is 0. The van der Waals surface area contributed by atoms with Crippen LogP contribution in [0.5, 0.6) is 0 Å². The number of nitrogens with one attached hydrogen (secondary N) is 2. The zero-order valence-corrected chi connectivity index (χ0v) is 13.8. The number of benzene rings is 1. The Morgan fingerprint density at radius 3 is 2.56 bits per heavy atom. The van der Waals surface area contributed by atoms with E-state index in [4.69, 9.17) is 0 Å². The molecular formula is C19H20N4O2. The number of aromatic nitrogens is 1. The Labute approximate surface area is 146 Å². The van der Waals surface area contributed by atoms with E-state index in [9.17, 15) is 9.59 Å². The molecule has 1 aliphatic heterocycles. The molecule has 0 radical (unpaired) electrons. The number of pyridine rings is 1. The topological polar surface area (TPSA) is 74.3 Å². The highest BCUT2D eigenvalue weighted by molar-refractivity contribution is 5.97. The summed E-state index contributed by atoms with van der Waals surface area (Å²) in [6.45, 7) is 0.538. The molecule has 6 heteroatoms. The van der Waals surface area contributed by atoms with Crippen LogP contribution in [0, 0.1) is 5.92 Å². The summed E-state index contributed by atoms with van der Waals surface area (Å²) in [7, 11) is 0. The molecule has 0 bridgehead atoms. The van der Waals surface area contributed by atoms with Crippen LogP contribution < -0.4 is 10.6 Å². The van der Waals surface area contributed by atoms with Crippen molar-refractivity contribution in [1.29, 1.82) is 0 Å². The quantitative estimate of drug-likeness (QED) is 0.880. The van der Waals surface area contributed by atoms with Crippen LogP contribution in [0.1, 0.15) is 19.3 Å². The molecule has 1 saturated carbocycles. The second-order valence-corrected chi connectivity index (χ2v) is 6.59. The Morgan fingerprint density at radius 2 is 1.88 bits per heavy atom. The molecule has 1 aromatic carbocycles. The highest BCUT2D eigenvalue weighted by Gasteiger charge is 2.41. The molecule has 2 amide bonds. The highest BCUT2D eigenvalue weighted by Crippen LogP contribution is 2.33. The first-order valence-corrected chi connectivity index (χ1v) is 8.57. The van der Waals surface area contributed by atoms with E-state index in [0.29, 0.717) is 30.5 Å². The summed E-state index contributed by atoms with van der Waals surface area (Å²) in [5, 5.41) is 6.06. The summed E-state index contributed by atoms with van der Waals surface area (Å²) in [4.78, 5) is 30.5. The third-order valence-electron chi connectivity index (χ3n) is 4.59. The first kappa shape index (κ1) is 15.6. The van der Waals surface area contributed by atoms with E-state index in [1.165, 1.54) is 0 Å². The fraction of sp³-hybridized carbons (Fsp3) is 0.316. The average Bonchev–Trinajstić information content (AvgIpc) is 3.39. The molecule has 1 atom stereocenters. The van der Waals surface area contributed by atoms with Gasteiger partial charge in [0.25, 0.3) is 0 Å². The molecule has 6 nitrogen and oxygen atoms in total. The Bertz CT molecular complexity index is 772. The van der Waals surface area contributed by atoms with Gasteiger partial charge in [-0.05, 0) is 37.1 Å². The van der Waals surface area contributed by atoms with E-state index >= 15 is 0 Å². The molecule has 1 aliphatic carbocycles. The van der Waals surface area contributed by atoms with Crippen molar-refractivity contribution in [2.24, 2.45) is 5.92 Å². The van der Waals surface area contributed by atoms with Gasteiger partial charge in [-0.2, -0.15) is 0 Å². The SMILES string of the molecule is O=C(Nc1ccc(Nc2ccccc2)nc1)[C@H]1CC(=O)N(C2CC2)C1. The Kier molecular flexibility index (Phi) is 4.09. The molecular weight excluding hydrogens is 316 g/mol.